The number of methoxy groups -OCH3 is 2. The van der Waals surface area contributed by atoms with Crippen molar-refractivity contribution in [1.82, 2.24) is 0 Å². The minimum absolute atomic E-state index is 0.229. The molecule has 2 N–H and O–H groups in total. The number of hydrogen-bond donors (Lipinski definition) is 1. The smallest absolute Gasteiger partial charge is 0.387 e. The molecule has 3 rings (SSSR count). The SMILES string of the molecule is COC(=O)C1=C(C(=O)OC)N(c2cc(F)cc(Br)c2OC(F)F)C(N)=C(C#N)C1c1ccccc1. The molecule has 0 fully saturated rings. The van der Waals surface area contributed by atoms with E-state index >= 15 is 0 Å². The second-order valence-corrected chi connectivity index (χ2v) is 7.80. The van der Waals surface area contributed by atoms with Gasteiger partial charge in [-0.25, -0.2) is 14.0 Å². The highest BCUT2D eigenvalue weighted by Crippen LogP contribution is 2.47. The first kappa shape index (κ1) is 25.6. The van der Waals surface area contributed by atoms with Gasteiger partial charge in [-0.3, -0.25) is 4.90 Å². The van der Waals surface area contributed by atoms with E-state index in [4.69, 9.17) is 15.2 Å². The van der Waals surface area contributed by atoms with Gasteiger partial charge < -0.3 is 19.9 Å². The van der Waals surface area contributed by atoms with Crippen LogP contribution in [0, 0.1) is 17.1 Å². The Hall–Kier alpha value is -3.98. The number of nitrogens with zero attached hydrogens (tertiary/aromatic N) is 2. The largest absolute Gasteiger partial charge is 0.466 e. The van der Waals surface area contributed by atoms with Crippen molar-refractivity contribution in [2.24, 2.45) is 5.73 Å². The van der Waals surface area contributed by atoms with Crippen molar-refractivity contribution >= 4 is 33.6 Å². The fourth-order valence-corrected chi connectivity index (χ4v) is 4.20. The lowest BCUT2D eigenvalue weighted by molar-refractivity contribution is -0.139. The Bertz CT molecular complexity index is 1280. The lowest BCUT2D eigenvalue weighted by Gasteiger charge is -2.36. The van der Waals surface area contributed by atoms with E-state index < -0.39 is 53.2 Å². The van der Waals surface area contributed by atoms with Gasteiger partial charge in [-0.15, -0.1) is 0 Å². The number of esters is 2. The van der Waals surface area contributed by atoms with E-state index in [1.807, 2.05) is 6.07 Å². The van der Waals surface area contributed by atoms with E-state index in [0.29, 0.717) is 5.56 Å². The average molecular weight is 552 g/mol. The number of hydrogen-bond acceptors (Lipinski definition) is 8. The minimum atomic E-state index is -3.34. The summed E-state index contributed by atoms with van der Waals surface area (Å²) in [6.45, 7) is -3.34. The van der Waals surface area contributed by atoms with Crippen LogP contribution in [-0.4, -0.2) is 32.8 Å². The molecule has 0 amide bonds. The zero-order valence-electron chi connectivity index (χ0n) is 18.2. The van der Waals surface area contributed by atoms with Crippen molar-refractivity contribution in [1.29, 1.82) is 5.26 Å². The predicted octanol–water partition coefficient (Wildman–Crippen LogP) is 4.09. The molecule has 2 aromatic carbocycles. The van der Waals surface area contributed by atoms with E-state index in [2.05, 4.69) is 20.7 Å². The molecule has 0 aromatic heterocycles. The Labute approximate surface area is 206 Å². The molecule has 0 aliphatic carbocycles. The van der Waals surface area contributed by atoms with Gasteiger partial charge >= 0.3 is 18.6 Å². The average Bonchev–Trinajstić information content (AvgIpc) is 2.84. The van der Waals surface area contributed by atoms with E-state index in [1.54, 1.807) is 30.3 Å². The summed E-state index contributed by atoms with van der Waals surface area (Å²) < 4.78 is 54.9. The molecule has 2 aromatic rings. The Kier molecular flexibility index (Phi) is 7.71. The van der Waals surface area contributed by atoms with Gasteiger partial charge in [-0.05, 0) is 27.6 Å². The molecule has 0 spiro atoms. The maximum Gasteiger partial charge on any atom is 0.387 e. The number of carbonyl (C=O) groups is 2. The molecule has 35 heavy (non-hydrogen) atoms. The van der Waals surface area contributed by atoms with Crippen LogP contribution in [0.1, 0.15) is 11.5 Å². The number of rotatable bonds is 6. The topological polar surface area (TPSA) is 115 Å². The molecule has 1 unspecified atom stereocenters. The van der Waals surface area contributed by atoms with Gasteiger partial charge in [0.05, 0.1) is 47.5 Å². The minimum Gasteiger partial charge on any atom is -0.466 e. The first-order valence-corrected chi connectivity index (χ1v) is 10.5. The van der Waals surface area contributed by atoms with Crippen molar-refractivity contribution in [3.63, 3.8) is 0 Å². The van der Waals surface area contributed by atoms with E-state index in [-0.39, 0.29) is 15.6 Å². The summed E-state index contributed by atoms with van der Waals surface area (Å²) in [5, 5.41) is 10.00. The fraction of sp³-hybridized carbons (Fsp3) is 0.174. The number of anilines is 1. The van der Waals surface area contributed by atoms with Gasteiger partial charge in [-0.2, -0.15) is 14.0 Å². The highest BCUT2D eigenvalue weighted by atomic mass is 79.9. The predicted molar refractivity (Wildman–Crippen MR) is 120 cm³/mol. The van der Waals surface area contributed by atoms with Gasteiger partial charge in [-0.1, -0.05) is 30.3 Å². The van der Waals surface area contributed by atoms with Crippen LogP contribution in [0.2, 0.25) is 0 Å². The number of alkyl halides is 2. The highest BCUT2D eigenvalue weighted by molar-refractivity contribution is 9.10. The Morgan fingerprint density at radius 2 is 1.77 bits per heavy atom. The summed E-state index contributed by atoms with van der Waals surface area (Å²) >= 11 is 2.95. The number of benzene rings is 2. The van der Waals surface area contributed by atoms with Crippen LogP contribution >= 0.6 is 15.9 Å². The van der Waals surface area contributed by atoms with Crippen molar-refractivity contribution in [2.75, 3.05) is 19.1 Å². The third kappa shape index (κ3) is 4.81. The third-order valence-corrected chi connectivity index (χ3v) is 5.64. The molecule has 182 valence electrons. The maximum atomic E-state index is 14.4. The quantitative estimate of drug-likeness (QED) is 0.534. The second-order valence-electron chi connectivity index (χ2n) is 6.95. The molecule has 0 saturated heterocycles. The van der Waals surface area contributed by atoms with Gasteiger partial charge in [0, 0.05) is 6.07 Å². The van der Waals surface area contributed by atoms with Crippen LogP contribution in [-0.2, 0) is 19.1 Å². The van der Waals surface area contributed by atoms with Crippen molar-refractivity contribution < 1.29 is 37.0 Å². The summed E-state index contributed by atoms with van der Waals surface area (Å²) in [5.41, 5.74) is 5.03. The van der Waals surface area contributed by atoms with Crippen LogP contribution in [0.25, 0.3) is 0 Å². The second kappa shape index (κ2) is 10.5. The molecule has 1 aliphatic rings. The number of halogens is 4. The fourth-order valence-electron chi connectivity index (χ4n) is 3.68. The summed E-state index contributed by atoms with van der Waals surface area (Å²) in [5.74, 6) is -5.31. The van der Waals surface area contributed by atoms with E-state index in [9.17, 15) is 28.0 Å². The monoisotopic (exact) mass is 551 g/mol. The molecular formula is C23H17BrF3N3O5. The molecular weight excluding hydrogens is 535 g/mol. The molecule has 0 bridgehead atoms. The molecule has 12 heteroatoms. The standard InChI is InChI=1S/C23H17BrF3N3O5/c1-33-21(31)17-16(11-6-4-3-5-7-11)13(10-28)20(29)30(18(17)22(32)34-2)15-9-12(25)8-14(24)19(15)35-23(26)27/h3-9,16,23H,29H2,1-2H3. The van der Waals surface area contributed by atoms with Gasteiger partial charge in [0.15, 0.2) is 5.75 Å². The van der Waals surface area contributed by atoms with Crippen LogP contribution in [0.3, 0.4) is 0 Å². The lowest BCUT2D eigenvalue weighted by atomic mass is 9.81. The number of allylic oxidation sites excluding steroid dienone is 1. The number of nitriles is 1. The Morgan fingerprint density at radius 3 is 2.31 bits per heavy atom. The lowest BCUT2D eigenvalue weighted by Crippen LogP contribution is -2.41. The van der Waals surface area contributed by atoms with Crippen LogP contribution in [0.4, 0.5) is 18.9 Å². The van der Waals surface area contributed by atoms with Gasteiger partial charge in [0.2, 0.25) is 0 Å². The maximum absolute atomic E-state index is 14.4. The Morgan fingerprint density at radius 1 is 1.14 bits per heavy atom. The zero-order valence-corrected chi connectivity index (χ0v) is 19.8. The van der Waals surface area contributed by atoms with Crippen LogP contribution < -0.4 is 15.4 Å². The molecule has 1 heterocycles. The summed E-state index contributed by atoms with van der Waals surface area (Å²) in [7, 11) is 2.06. The molecule has 0 saturated carbocycles. The van der Waals surface area contributed by atoms with Crippen LogP contribution in [0.5, 0.6) is 5.75 Å². The van der Waals surface area contributed by atoms with Crippen molar-refractivity contribution in [3.05, 3.63) is 81.0 Å². The summed E-state index contributed by atoms with van der Waals surface area (Å²) in [6, 6.07) is 11.7. The van der Waals surface area contributed by atoms with Gasteiger partial charge in [0.25, 0.3) is 0 Å². The van der Waals surface area contributed by atoms with Crippen molar-refractivity contribution in [2.45, 2.75) is 12.5 Å². The molecule has 1 atom stereocenters. The van der Waals surface area contributed by atoms with Gasteiger partial charge in [0.1, 0.15) is 17.3 Å². The molecule has 0 radical (unpaired) electrons. The van der Waals surface area contributed by atoms with E-state index in [0.717, 1.165) is 31.3 Å². The van der Waals surface area contributed by atoms with E-state index in [1.165, 1.54) is 0 Å². The molecule has 1 aliphatic heterocycles. The van der Waals surface area contributed by atoms with Crippen molar-refractivity contribution in [3.8, 4) is 11.8 Å². The summed E-state index contributed by atoms with van der Waals surface area (Å²) in [4.78, 5) is 26.8. The Balaban J connectivity index is 2.48. The number of ether oxygens (including phenoxy) is 3. The molecule has 8 nitrogen and oxygen atoms in total. The third-order valence-electron chi connectivity index (χ3n) is 5.05. The number of carbonyl (C=O) groups excluding carboxylic acids is 2. The zero-order chi connectivity index (χ0) is 25.9. The first-order valence-electron chi connectivity index (χ1n) is 9.75. The summed E-state index contributed by atoms with van der Waals surface area (Å²) in [6.07, 6.45) is 0. The normalized spacial score (nSPS) is 15.7. The number of nitrogens with two attached hydrogens (primary N) is 1. The first-order chi connectivity index (χ1) is 16.7. The van der Waals surface area contributed by atoms with Crippen LogP contribution in [0.15, 0.2) is 69.6 Å². The highest BCUT2D eigenvalue weighted by Gasteiger charge is 2.44.